The van der Waals surface area contributed by atoms with E-state index in [0.29, 0.717) is 11.3 Å². The van der Waals surface area contributed by atoms with Gasteiger partial charge in [0.05, 0.1) is 0 Å². The van der Waals surface area contributed by atoms with Crippen molar-refractivity contribution < 1.29 is 0 Å². The van der Waals surface area contributed by atoms with E-state index in [2.05, 4.69) is 47.1 Å². The molecule has 0 aromatic heterocycles. The standard InChI is InChI=1S/C15H22N2S2/c16-17-14(15-10-18-6-7-19-15)9-11-4-5-12-2-1-3-13(12)8-11/h4-5,8,14-15,17H,1-3,6-7,9-10,16H2. The average Bonchev–Trinajstić information content (AvgIpc) is 2.93. The molecule has 2 atom stereocenters. The Morgan fingerprint density at radius 2 is 2.16 bits per heavy atom. The van der Waals surface area contributed by atoms with Crippen LogP contribution in [0.5, 0.6) is 0 Å². The lowest BCUT2D eigenvalue weighted by molar-refractivity contribution is 0.523. The lowest BCUT2D eigenvalue weighted by atomic mass is 10.00. The van der Waals surface area contributed by atoms with Crippen LogP contribution in [0.3, 0.4) is 0 Å². The molecule has 1 aromatic rings. The third-order valence-corrected chi connectivity index (χ3v) is 7.04. The van der Waals surface area contributed by atoms with Gasteiger partial charge >= 0.3 is 0 Å². The van der Waals surface area contributed by atoms with Crippen LogP contribution in [-0.2, 0) is 19.3 Å². The molecular weight excluding hydrogens is 272 g/mol. The van der Waals surface area contributed by atoms with E-state index in [1.165, 1.54) is 42.1 Å². The summed E-state index contributed by atoms with van der Waals surface area (Å²) in [6, 6.07) is 7.44. The Balaban J connectivity index is 1.68. The fourth-order valence-electron chi connectivity index (χ4n) is 3.04. The van der Waals surface area contributed by atoms with Crippen molar-refractivity contribution >= 4 is 23.5 Å². The summed E-state index contributed by atoms with van der Waals surface area (Å²) in [6.45, 7) is 0. The number of aryl methyl sites for hydroxylation is 2. The zero-order chi connectivity index (χ0) is 13.1. The molecule has 0 amide bonds. The molecule has 3 rings (SSSR count). The van der Waals surface area contributed by atoms with Crippen LogP contribution >= 0.6 is 23.5 Å². The Bertz CT molecular complexity index is 430. The van der Waals surface area contributed by atoms with Crippen LogP contribution in [0.25, 0.3) is 0 Å². The van der Waals surface area contributed by atoms with Crippen molar-refractivity contribution in [1.82, 2.24) is 5.43 Å². The van der Waals surface area contributed by atoms with Gasteiger partial charge < -0.3 is 0 Å². The Kier molecular flexibility index (Phi) is 4.74. The summed E-state index contributed by atoms with van der Waals surface area (Å²) in [6.07, 6.45) is 4.91. The number of benzene rings is 1. The molecule has 1 fully saturated rings. The number of rotatable bonds is 4. The molecule has 3 N–H and O–H groups in total. The Morgan fingerprint density at radius 1 is 1.26 bits per heavy atom. The summed E-state index contributed by atoms with van der Waals surface area (Å²) in [7, 11) is 0. The summed E-state index contributed by atoms with van der Waals surface area (Å²) < 4.78 is 0. The van der Waals surface area contributed by atoms with Crippen LogP contribution < -0.4 is 11.3 Å². The molecular formula is C15H22N2S2. The van der Waals surface area contributed by atoms with Crippen molar-refractivity contribution in [1.29, 1.82) is 0 Å². The first-order chi connectivity index (χ1) is 9.36. The summed E-state index contributed by atoms with van der Waals surface area (Å²) in [4.78, 5) is 0. The molecule has 4 heteroatoms. The van der Waals surface area contributed by atoms with E-state index in [0.717, 1.165) is 6.42 Å². The molecule has 2 aliphatic rings. The van der Waals surface area contributed by atoms with Crippen LogP contribution in [0.2, 0.25) is 0 Å². The van der Waals surface area contributed by atoms with Gasteiger partial charge in [0.1, 0.15) is 0 Å². The fraction of sp³-hybridized carbons (Fsp3) is 0.600. The van der Waals surface area contributed by atoms with E-state index >= 15 is 0 Å². The number of thioether (sulfide) groups is 2. The third-order valence-electron chi connectivity index (χ3n) is 4.12. The van der Waals surface area contributed by atoms with Gasteiger partial charge in [0.2, 0.25) is 0 Å². The largest absolute Gasteiger partial charge is 0.271 e. The number of nitrogens with one attached hydrogen (secondary N) is 1. The molecule has 0 spiro atoms. The van der Waals surface area contributed by atoms with Crippen molar-refractivity contribution in [3.63, 3.8) is 0 Å². The van der Waals surface area contributed by atoms with Crippen LogP contribution in [0.15, 0.2) is 18.2 Å². The molecule has 2 unspecified atom stereocenters. The van der Waals surface area contributed by atoms with Crippen molar-refractivity contribution in [3.8, 4) is 0 Å². The maximum atomic E-state index is 5.79. The van der Waals surface area contributed by atoms with Crippen LogP contribution in [-0.4, -0.2) is 28.6 Å². The van der Waals surface area contributed by atoms with Gasteiger partial charge in [-0.3, -0.25) is 11.3 Å². The second-order valence-electron chi connectivity index (χ2n) is 5.42. The van der Waals surface area contributed by atoms with E-state index in [1.54, 1.807) is 11.1 Å². The molecule has 1 heterocycles. The minimum Gasteiger partial charge on any atom is -0.271 e. The zero-order valence-electron chi connectivity index (χ0n) is 11.2. The predicted molar refractivity (Wildman–Crippen MR) is 86.9 cm³/mol. The highest BCUT2D eigenvalue weighted by Gasteiger charge is 2.24. The third kappa shape index (κ3) is 3.30. The number of hydrogen-bond acceptors (Lipinski definition) is 4. The lowest BCUT2D eigenvalue weighted by Crippen LogP contribution is -2.46. The van der Waals surface area contributed by atoms with Crippen molar-refractivity contribution in [3.05, 3.63) is 34.9 Å². The smallest absolute Gasteiger partial charge is 0.0377 e. The maximum Gasteiger partial charge on any atom is 0.0377 e. The molecule has 1 aliphatic carbocycles. The molecule has 1 aliphatic heterocycles. The molecule has 19 heavy (non-hydrogen) atoms. The van der Waals surface area contributed by atoms with Crippen LogP contribution in [0.1, 0.15) is 23.1 Å². The molecule has 1 saturated heterocycles. The van der Waals surface area contributed by atoms with Gasteiger partial charge in [0, 0.05) is 28.6 Å². The highest BCUT2D eigenvalue weighted by Crippen LogP contribution is 2.29. The molecule has 0 radical (unpaired) electrons. The molecule has 0 bridgehead atoms. The predicted octanol–water partition coefficient (Wildman–Crippen LogP) is 2.40. The minimum absolute atomic E-state index is 0.400. The summed E-state index contributed by atoms with van der Waals surface area (Å²) in [5.74, 6) is 9.57. The number of hydrogen-bond donors (Lipinski definition) is 2. The highest BCUT2D eigenvalue weighted by atomic mass is 32.2. The summed E-state index contributed by atoms with van der Waals surface area (Å²) in [5, 5.41) is 0.650. The van der Waals surface area contributed by atoms with Crippen molar-refractivity contribution in [2.75, 3.05) is 17.3 Å². The normalized spacial score (nSPS) is 24.2. The van der Waals surface area contributed by atoms with Gasteiger partial charge in [0.15, 0.2) is 0 Å². The van der Waals surface area contributed by atoms with Crippen molar-refractivity contribution in [2.24, 2.45) is 5.84 Å². The van der Waals surface area contributed by atoms with Gasteiger partial charge in [-0.05, 0) is 42.4 Å². The van der Waals surface area contributed by atoms with E-state index in [4.69, 9.17) is 5.84 Å². The van der Waals surface area contributed by atoms with Gasteiger partial charge in [-0.1, -0.05) is 18.2 Å². The zero-order valence-corrected chi connectivity index (χ0v) is 12.9. The topological polar surface area (TPSA) is 38.0 Å². The van der Waals surface area contributed by atoms with Gasteiger partial charge in [-0.25, -0.2) is 0 Å². The van der Waals surface area contributed by atoms with Gasteiger partial charge in [-0.2, -0.15) is 23.5 Å². The maximum absolute atomic E-state index is 5.79. The van der Waals surface area contributed by atoms with Crippen LogP contribution in [0.4, 0.5) is 0 Å². The SMILES string of the molecule is NNC(Cc1ccc2c(c1)CCC2)C1CSCCS1. The first-order valence-electron chi connectivity index (χ1n) is 7.13. The Hall–Kier alpha value is -0.160. The summed E-state index contributed by atoms with van der Waals surface area (Å²) >= 11 is 4.14. The average molecular weight is 294 g/mol. The number of hydrazine groups is 1. The minimum atomic E-state index is 0.400. The number of nitrogens with two attached hydrogens (primary N) is 1. The van der Waals surface area contributed by atoms with E-state index < -0.39 is 0 Å². The molecule has 2 nitrogen and oxygen atoms in total. The second kappa shape index (κ2) is 6.53. The summed E-state index contributed by atoms with van der Waals surface area (Å²) in [5.41, 5.74) is 7.63. The Morgan fingerprint density at radius 3 is 2.95 bits per heavy atom. The Labute approximate surface area is 124 Å². The first kappa shape index (κ1) is 13.8. The fourth-order valence-corrected chi connectivity index (χ4v) is 5.91. The van der Waals surface area contributed by atoms with E-state index in [9.17, 15) is 0 Å². The lowest BCUT2D eigenvalue weighted by Gasteiger charge is -2.29. The highest BCUT2D eigenvalue weighted by molar-refractivity contribution is 8.06. The van der Waals surface area contributed by atoms with Crippen molar-refractivity contribution in [2.45, 2.75) is 37.0 Å². The molecule has 104 valence electrons. The van der Waals surface area contributed by atoms with Crippen LogP contribution in [0, 0.1) is 0 Å². The van der Waals surface area contributed by atoms with Gasteiger partial charge in [-0.15, -0.1) is 0 Å². The van der Waals surface area contributed by atoms with E-state index in [1.807, 2.05) is 0 Å². The monoisotopic (exact) mass is 294 g/mol. The van der Waals surface area contributed by atoms with Gasteiger partial charge in [0.25, 0.3) is 0 Å². The molecule has 0 saturated carbocycles. The van der Waals surface area contributed by atoms with E-state index in [-0.39, 0.29) is 0 Å². The molecule has 1 aromatic carbocycles. The second-order valence-corrected chi connectivity index (χ2v) is 7.91. The quantitative estimate of drug-likeness (QED) is 0.660. The first-order valence-corrected chi connectivity index (χ1v) is 9.33. The number of fused-ring (bicyclic) bond motifs is 1.